The van der Waals surface area contributed by atoms with E-state index in [1.165, 1.54) is 6.07 Å². The third-order valence-electron chi connectivity index (χ3n) is 1.60. The second kappa shape index (κ2) is 4.23. The minimum atomic E-state index is -1.28. The van der Waals surface area contributed by atoms with Gasteiger partial charge >= 0.3 is 5.97 Å². The van der Waals surface area contributed by atoms with Crippen molar-refractivity contribution in [1.82, 2.24) is 0 Å². The van der Waals surface area contributed by atoms with Gasteiger partial charge in [-0.2, -0.15) is 0 Å². The summed E-state index contributed by atoms with van der Waals surface area (Å²) in [5.74, 6) is -2.63. The van der Waals surface area contributed by atoms with Gasteiger partial charge < -0.3 is 15.5 Å². The largest absolute Gasteiger partial charge is 0.507 e. The van der Waals surface area contributed by atoms with Crippen LogP contribution in [0.5, 0.6) is 5.75 Å². The third kappa shape index (κ3) is 2.53. The maximum Gasteiger partial charge on any atom is 0.339 e. The molecular weight excluding hydrogens is 202 g/mol. The van der Waals surface area contributed by atoms with Gasteiger partial charge in [-0.25, -0.2) is 4.79 Å². The van der Waals surface area contributed by atoms with E-state index in [1.54, 1.807) is 0 Å². The summed E-state index contributed by atoms with van der Waals surface area (Å²) in [6.45, 7) is 0. The summed E-state index contributed by atoms with van der Waals surface area (Å²) in [5.41, 5.74) is -0.131. The highest BCUT2D eigenvalue weighted by atomic mass is 16.4. The van der Waals surface area contributed by atoms with Crippen molar-refractivity contribution in [2.75, 3.05) is 5.32 Å². The van der Waals surface area contributed by atoms with Gasteiger partial charge in [-0.15, -0.1) is 0 Å². The summed E-state index contributed by atoms with van der Waals surface area (Å²) in [6.07, 6.45) is 0.0716. The van der Waals surface area contributed by atoms with Crippen LogP contribution < -0.4 is 5.32 Å². The standard InChI is InChI=1S/C9H7NO5/c11-4-8(13)10-5-1-2-6(9(14)15)7(12)3-5/h1-4,12H,(H,10,13)(H,14,15). The topological polar surface area (TPSA) is 104 Å². The van der Waals surface area contributed by atoms with E-state index in [-0.39, 0.29) is 17.5 Å². The molecule has 3 N–H and O–H groups in total. The summed E-state index contributed by atoms with van der Waals surface area (Å²) in [7, 11) is 0. The molecule has 1 aromatic rings. The Morgan fingerprint density at radius 3 is 2.47 bits per heavy atom. The highest BCUT2D eigenvalue weighted by molar-refractivity contribution is 6.29. The smallest absolute Gasteiger partial charge is 0.339 e. The van der Waals surface area contributed by atoms with Crippen LogP contribution in [-0.2, 0) is 9.59 Å². The summed E-state index contributed by atoms with van der Waals surface area (Å²) in [4.78, 5) is 31.1. The molecule has 0 atom stereocenters. The number of phenols is 1. The Kier molecular flexibility index (Phi) is 3.02. The number of rotatable bonds is 3. The van der Waals surface area contributed by atoms with Crippen LogP contribution in [-0.4, -0.2) is 28.4 Å². The van der Waals surface area contributed by atoms with Gasteiger partial charge in [0.1, 0.15) is 11.3 Å². The molecule has 0 fully saturated rings. The Hall–Kier alpha value is -2.37. The van der Waals surface area contributed by atoms with Crippen molar-refractivity contribution in [2.45, 2.75) is 0 Å². The van der Waals surface area contributed by atoms with Gasteiger partial charge in [0.25, 0.3) is 5.91 Å². The predicted molar refractivity (Wildman–Crippen MR) is 49.8 cm³/mol. The third-order valence-corrected chi connectivity index (χ3v) is 1.60. The predicted octanol–water partition coefficient (Wildman–Crippen LogP) is 0.228. The van der Waals surface area contributed by atoms with Crippen molar-refractivity contribution in [3.05, 3.63) is 23.8 Å². The van der Waals surface area contributed by atoms with Crippen LogP contribution in [0, 0.1) is 0 Å². The van der Waals surface area contributed by atoms with E-state index in [0.29, 0.717) is 0 Å². The SMILES string of the molecule is O=CC(=O)Nc1ccc(C(=O)O)c(O)c1. The monoisotopic (exact) mass is 209 g/mol. The van der Waals surface area contributed by atoms with Crippen molar-refractivity contribution in [2.24, 2.45) is 0 Å². The number of carbonyl (C=O) groups is 3. The van der Waals surface area contributed by atoms with Gasteiger partial charge in [0.15, 0.2) is 0 Å². The van der Waals surface area contributed by atoms with E-state index < -0.39 is 17.6 Å². The number of carboxylic acids is 1. The molecule has 0 radical (unpaired) electrons. The maximum atomic E-state index is 10.6. The van der Waals surface area contributed by atoms with Gasteiger partial charge in [-0.05, 0) is 12.1 Å². The fourth-order valence-electron chi connectivity index (χ4n) is 0.962. The number of carbonyl (C=O) groups excluding carboxylic acids is 2. The average Bonchev–Trinajstić information content (AvgIpc) is 2.17. The molecule has 1 aromatic carbocycles. The fraction of sp³-hybridized carbons (Fsp3) is 0. The van der Waals surface area contributed by atoms with Crippen LogP contribution in [0.25, 0.3) is 0 Å². The molecule has 0 saturated carbocycles. The number of aromatic hydroxyl groups is 1. The Balaban J connectivity index is 2.96. The van der Waals surface area contributed by atoms with Crippen molar-refractivity contribution in [1.29, 1.82) is 0 Å². The molecule has 0 aliphatic carbocycles. The van der Waals surface area contributed by atoms with Crippen LogP contribution in [0.4, 0.5) is 5.69 Å². The lowest BCUT2D eigenvalue weighted by Crippen LogP contribution is -2.12. The highest BCUT2D eigenvalue weighted by Crippen LogP contribution is 2.21. The molecule has 1 amide bonds. The normalized spacial score (nSPS) is 9.33. The quantitative estimate of drug-likeness (QED) is 0.488. The van der Waals surface area contributed by atoms with E-state index in [2.05, 4.69) is 5.32 Å². The number of nitrogens with one attached hydrogen (secondary N) is 1. The molecule has 78 valence electrons. The number of hydrogen-bond donors (Lipinski definition) is 3. The number of aromatic carboxylic acids is 1. The first-order valence-corrected chi connectivity index (χ1v) is 3.87. The summed E-state index contributed by atoms with van der Waals surface area (Å²) < 4.78 is 0. The molecule has 0 spiro atoms. The van der Waals surface area contributed by atoms with Crippen LogP contribution in [0.15, 0.2) is 18.2 Å². The minimum absolute atomic E-state index is 0.0716. The molecular formula is C9H7NO5. The van der Waals surface area contributed by atoms with Crippen molar-refractivity contribution in [3.8, 4) is 5.75 Å². The molecule has 0 aliphatic rings. The fourth-order valence-corrected chi connectivity index (χ4v) is 0.962. The van der Waals surface area contributed by atoms with Crippen LogP contribution >= 0.6 is 0 Å². The first-order valence-electron chi connectivity index (χ1n) is 3.87. The van der Waals surface area contributed by atoms with E-state index >= 15 is 0 Å². The van der Waals surface area contributed by atoms with E-state index in [0.717, 1.165) is 12.1 Å². The molecule has 6 nitrogen and oxygen atoms in total. The molecule has 0 aromatic heterocycles. The molecule has 1 rings (SSSR count). The lowest BCUT2D eigenvalue weighted by Gasteiger charge is -2.03. The molecule has 0 aliphatic heterocycles. The number of aldehydes is 1. The number of amides is 1. The molecule has 6 heteroatoms. The zero-order valence-electron chi connectivity index (χ0n) is 7.43. The zero-order valence-corrected chi connectivity index (χ0v) is 7.43. The van der Waals surface area contributed by atoms with Crippen molar-refractivity contribution < 1.29 is 24.6 Å². The summed E-state index contributed by atoms with van der Waals surface area (Å²) >= 11 is 0. The second-order valence-electron chi connectivity index (χ2n) is 2.64. The van der Waals surface area contributed by atoms with Crippen LogP contribution in [0.1, 0.15) is 10.4 Å². The van der Waals surface area contributed by atoms with Crippen LogP contribution in [0.3, 0.4) is 0 Å². The van der Waals surface area contributed by atoms with Crippen LogP contribution in [0.2, 0.25) is 0 Å². The lowest BCUT2D eigenvalue weighted by molar-refractivity contribution is -0.127. The Labute approximate surface area is 84.1 Å². The van der Waals surface area contributed by atoms with Gasteiger partial charge in [-0.1, -0.05) is 0 Å². The molecule has 0 saturated heterocycles. The number of benzene rings is 1. The summed E-state index contributed by atoms with van der Waals surface area (Å²) in [5, 5.41) is 19.9. The summed E-state index contributed by atoms with van der Waals surface area (Å²) in [6, 6.07) is 3.44. The first kappa shape index (κ1) is 10.7. The molecule has 0 heterocycles. The number of hydrogen-bond acceptors (Lipinski definition) is 4. The zero-order chi connectivity index (χ0) is 11.4. The Morgan fingerprint density at radius 2 is 2.00 bits per heavy atom. The van der Waals surface area contributed by atoms with Crippen molar-refractivity contribution in [3.63, 3.8) is 0 Å². The average molecular weight is 209 g/mol. The van der Waals surface area contributed by atoms with Gasteiger partial charge in [0.2, 0.25) is 6.29 Å². The molecule has 0 bridgehead atoms. The molecule has 0 unspecified atom stereocenters. The van der Waals surface area contributed by atoms with Crippen molar-refractivity contribution >= 4 is 23.9 Å². The number of anilines is 1. The lowest BCUT2D eigenvalue weighted by atomic mass is 10.2. The van der Waals surface area contributed by atoms with E-state index in [9.17, 15) is 19.5 Å². The number of carboxylic acid groups (broad SMARTS) is 1. The Morgan fingerprint density at radius 1 is 1.33 bits per heavy atom. The van der Waals surface area contributed by atoms with Gasteiger partial charge in [-0.3, -0.25) is 9.59 Å². The Bertz CT molecular complexity index is 427. The highest BCUT2D eigenvalue weighted by Gasteiger charge is 2.10. The second-order valence-corrected chi connectivity index (χ2v) is 2.64. The maximum absolute atomic E-state index is 10.6. The van der Waals surface area contributed by atoms with Gasteiger partial charge in [0.05, 0.1) is 0 Å². The minimum Gasteiger partial charge on any atom is -0.507 e. The van der Waals surface area contributed by atoms with E-state index in [1.807, 2.05) is 0 Å². The first-order chi connectivity index (χ1) is 7.04. The molecule has 15 heavy (non-hydrogen) atoms. The van der Waals surface area contributed by atoms with E-state index in [4.69, 9.17) is 5.11 Å². The van der Waals surface area contributed by atoms with Gasteiger partial charge in [0, 0.05) is 11.8 Å².